The summed E-state index contributed by atoms with van der Waals surface area (Å²) in [6, 6.07) is 9.02. The number of thioether (sulfide) groups is 1. The van der Waals surface area contributed by atoms with Crippen LogP contribution < -0.4 is 5.73 Å². The van der Waals surface area contributed by atoms with Crippen LogP contribution in [0.3, 0.4) is 0 Å². The van der Waals surface area contributed by atoms with Gasteiger partial charge in [0.15, 0.2) is 0 Å². The van der Waals surface area contributed by atoms with E-state index in [-0.39, 0.29) is 0 Å². The van der Waals surface area contributed by atoms with Crippen molar-refractivity contribution in [3.63, 3.8) is 0 Å². The number of likely N-dealkylation sites (tertiary alicyclic amines) is 1. The fourth-order valence-corrected chi connectivity index (χ4v) is 3.13. The van der Waals surface area contributed by atoms with Gasteiger partial charge in [-0.25, -0.2) is 0 Å². The SMILES string of the molecule is CSc1ccc(C(CCN)CN2CCCC2)cc1. The van der Waals surface area contributed by atoms with Crippen LogP contribution in [0.4, 0.5) is 0 Å². The average Bonchev–Trinajstić information content (AvgIpc) is 2.91. The summed E-state index contributed by atoms with van der Waals surface area (Å²) < 4.78 is 0. The minimum absolute atomic E-state index is 0.601. The van der Waals surface area contributed by atoms with Crippen molar-refractivity contribution >= 4 is 11.8 Å². The molecular formula is C15H24N2S. The van der Waals surface area contributed by atoms with Crippen LogP contribution in [0.15, 0.2) is 29.2 Å². The van der Waals surface area contributed by atoms with Gasteiger partial charge in [0.05, 0.1) is 0 Å². The van der Waals surface area contributed by atoms with E-state index in [0.29, 0.717) is 5.92 Å². The van der Waals surface area contributed by atoms with Crippen LogP contribution in [0, 0.1) is 0 Å². The molecule has 0 saturated carbocycles. The van der Waals surface area contributed by atoms with E-state index in [0.717, 1.165) is 13.0 Å². The molecule has 0 aromatic heterocycles. The van der Waals surface area contributed by atoms with Crippen LogP contribution in [0.25, 0.3) is 0 Å². The Hall–Kier alpha value is -0.510. The van der Waals surface area contributed by atoms with Crippen LogP contribution in [-0.4, -0.2) is 37.3 Å². The van der Waals surface area contributed by atoms with E-state index in [1.54, 1.807) is 11.8 Å². The molecule has 1 heterocycles. The van der Waals surface area contributed by atoms with Gasteiger partial charge in [-0.15, -0.1) is 11.8 Å². The molecule has 0 amide bonds. The molecule has 18 heavy (non-hydrogen) atoms. The van der Waals surface area contributed by atoms with Crippen molar-refractivity contribution in [3.8, 4) is 0 Å². The minimum atomic E-state index is 0.601. The van der Waals surface area contributed by atoms with E-state index in [1.165, 1.54) is 42.9 Å². The lowest BCUT2D eigenvalue weighted by molar-refractivity contribution is 0.308. The first-order valence-electron chi connectivity index (χ1n) is 6.90. The van der Waals surface area contributed by atoms with Crippen LogP contribution >= 0.6 is 11.8 Å². The topological polar surface area (TPSA) is 29.3 Å². The second kappa shape index (κ2) is 7.17. The van der Waals surface area contributed by atoms with Gasteiger partial charge in [-0.2, -0.15) is 0 Å². The van der Waals surface area contributed by atoms with Crippen molar-refractivity contribution in [2.24, 2.45) is 5.73 Å². The van der Waals surface area contributed by atoms with Gasteiger partial charge in [0.1, 0.15) is 0 Å². The second-order valence-electron chi connectivity index (χ2n) is 5.06. The molecule has 1 fully saturated rings. The molecule has 2 rings (SSSR count). The molecule has 3 heteroatoms. The number of hydrogen-bond donors (Lipinski definition) is 1. The van der Waals surface area contributed by atoms with Crippen molar-refractivity contribution in [2.75, 3.05) is 32.4 Å². The van der Waals surface area contributed by atoms with E-state index in [1.807, 2.05) is 0 Å². The summed E-state index contributed by atoms with van der Waals surface area (Å²) >= 11 is 1.80. The van der Waals surface area contributed by atoms with E-state index >= 15 is 0 Å². The standard InChI is InChI=1S/C15H24N2S/c1-18-15-6-4-13(5-7-15)14(8-9-16)12-17-10-2-3-11-17/h4-7,14H,2-3,8-12,16H2,1H3. The Morgan fingerprint density at radius 3 is 2.44 bits per heavy atom. The molecule has 1 aliphatic heterocycles. The van der Waals surface area contributed by atoms with Crippen molar-refractivity contribution in [3.05, 3.63) is 29.8 Å². The van der Waals surface area contributed by atoms with Crippen molar-refractivity contribution in [1.82, 2.24) is 4.90 Å². The summed E-state index contributed by atoms with van der Waals surface area (Å²) in [5.41, 5.74) is 7.22. The molecule has 0 aliphatic carbocycles. The van der Waals surface area contributed by atoms with Gasteiger partial charge in [-0.3, -0.25) is 0 Å². The smallest absolute Gasteiger partial charge is 0.00693 e. The fraction of sp³-hybridized carbons (Fsp3) is 0.600. The van der Waals surface area contributed by atoms with Gasteiger partial charge in [0.2, 0.25) is 0 Å². The highest BCUT2D eigenvalue weighted by Crippen LogP contribution is 2.25. The van der Waals surface area contributed by atoms with Crippen LogP contribution in [0.2, 0.25) is 0 Å². The Morgan fingerprint density at radius 2 is 1.89 bits per heavy atom. The molecule has 0 bridgehead atoms. The number of hydrogen-bond acceptors (Lipinski definition) is 3. The summed E-state index contributed by atoms with van der Waals surface area (Å²) in [4.78, 5) is 3.93. The molecular weight excluding hydrogens is 240 g/mol. The van der Waals surface area contributed by atoms with Gasteiger partial charge in [-0.05, 0) is 68.8 Å². The molecule has 2 N–H and O–H groups in total. The minimum Gasteiger partial charge on any atom is -0.330 e. The molecule has 1 unspecified atom stereocenters. The zero-order chi connectivity index (χ0) is 12.8. The maximum absolute atomic E-state index is 5.77. The first kappa shape index (κ1) is 13.9. The van der Waals surface area contributed by atoms with E-state index in [2.05, 4.69) is 35.4 Å². The van der Waals surface area contributed by atoms with Crippen LogP contribution in [0.5, 0.6) is 0 Å². The van der Waals surface area contributed by atoms with Gasteiger partial charge < -0.3 is 10.6 Å². The highest BCUT2D eigenvalue weighted by atomic mass is 32.2. The number of nitrogens with zero attached hydrogens (tertiary/aromatic N) is 1. The molecule has 1 aromatic carbocycles. The van der Waals surface area contributed by atoms with Crippen molar-refractivity contribution in [2.45, 2.75) is 30.1 Å². The Balaban J connectivity index is 2.02. The third-order valence-electron chi connectivity index (χ3n) is 3.78. The maximum atomic E-state index is 5.77. The summed E-state index contributed by atoms with van der Waals surface area (Å²) in [5, 5.41) is 0. The summed E-state index contributed by atoms with van der Waals surface area (Å²) in [7, 11) is 0. The quantitative estimate of drug-likeness (QED) is 0.801. The number of benzene rings is 1. The number of nitrogens with two attached hydrogens (primary N) is 1. The first-order chi connectivity index (χ1) is 8.83. The monoisotopic (exact) mass is 264 g/mol. The largest absolute Gasteiger partial charge is 0.330 e. The van der Waals surface area contributed by atoms with Crippen molar-refractivity contribution < 1.29 is 0 Å². The van der Waals surface area contributed by atoms with Gasteiger partial charge >= 0.3 is 0 Å². The van der Waals surface area contributed by atoms with Crippen LogP contribution in [-0.2, 0) is 0 Å². The average molecular weight is 264 g/mol. The highest BCUT2D eigenvalue weighted by Gasteiger charge is 2.18. The molecule has 1 aliphatic rings. The van der Waals surface area contributed by atoms with E-state index in [9.17, 15) is 0 Å². The molecule has 100 valence electrons. The number of rotatable bonds is 6. The molecule has 2 nitrogen and oxygen atoms in total. The zero-order valence-electron chi connectivity index (χ0n) is 11.3. The predicted octanol–water partition coefficient (Wildman–Crippen LogP) is 2.94. The zero-order valence-corrected chi connectivity index (χ0v) is 12.1. The lowest BCUT2D eigenvalue weighted by Gasteiger charge is -2.23. The summed E-state index contributed by atoms with van der Waals surface area (Å²) in [5.74, 6) is 0.601. The summed E-state index contributed by atoms with van der Waals surface area (Å²) in [6.45, 7) is 4.49. The highest BCUT2D eigenvalue weighted by molar-refractivity contribution is 7.98. The Labute approximate surface area is 115 Å². The van der Waals surface area contributed by atoms with E-state index < -0.39 is 0 Å². The summed E-state index contributed by atoms with van der Waals surface area (Å²) in [6.07, 6.45) is 5.94. The van der Waals surface area contributed by atoms with Gasteiger partial charge in [0.25, 0.3) is 0 Å². The predicted molar refractivity (Wildman–Crippen MR) is 80.3 cm³/mol. The van der Waals surface area contributed by atoms with Crippen LogP contribution in [0.1, 0.15) is 30.7 Å². The lowest BCUT2D eigenvalue weighted by atomic mass is 9.95. The third kappa shape index (κ3) is 3.74. The molecule has 0 spiro atoms. The lowest BCUT2D eigenvalue weighted by Crippen LogP contribution is -2.26. The second-order valence-corrected chi connectivity index (χ2v) is 5.93. The molecule has 1 aromatic rings. The van der Waals surface area contributed by atoms with Crippen molar-refractivity contribution in [1.29, 1.82) is 0 Å². The van der Waals surface area contributed by atoms with Gasteiger partial charge in [-0.1, -0.05) is 12.1 Å². The Morgan fingerprint density at radius 1 is 1.22 bits per heavy atom. The first-order valence-corrected chi connectivity index (χ1v) is 8.12. The molecule has 1 saturated heterocycles. The molecule has 1 atom stereocenters. The van der Waals surface area contributed by atoms with E-state index in [4.69, 9.17) is 5.73 Å². The van der Waals surface area contributed by atoms with Gasteiger partial charge in [0, 0.05) is 11.4 Å². The maximum Gasteiger partial charge on any atom is 0.00693 e. The Bertz CT molecular complexity index is 344. The Kier molecular flexibility index (Phi) is 5.54. The third-order valence-corrected chi connectivity index (χ3v) is 4.52. The molecule has 0 radical (unpaired) electrons. The fourth-order valence-electron chi connectivity index (χ4n) is 2.72. The normalized spacial score (nSPS) is 18.1.